The number of carbonyl (C=O) groups is 2. The van der Waals surface area contributed by atoms with Crippen LogP contribution in [0.25, 0.3) is 0 Å². The Bertz CT molecular complexity index is 487. The van der Waals surface area contributed by atoms with Crippen molar-refractivity contribution in [3.63, 3.8) is 0 Å². The van der Waals surface area contributed by atoms with Crippen molar-refractivity contribution in [3.05, 3.63) is 30.1 Å². The average Bonchev–Trinajstić information content (AvgIpc) is 2.42. The highest BCUT2D eigenvalue weighted by Crippen LogP contribution is 2.11. The van der Waals surface area contributed by atoms with Gasteiger partial charge in [-0.05, 0) is 31.4 Å². The molecule has 3 N–H and O–H groups in total. The summed E-state index contributed by atoms with van der Waals surface area (Å²) in [6.45, 7) is 2.20. The van der Waals surface area contributed by atoms with Crippen molar-refractivity contribution in [3.8, 4) is 0 Å². The maximum atomic E-state index is 13.3. The largest absolute Gasteiger partial charge is 0.327 e. The summed E-state index contributed by atoms with van der Waals surface area (Å²) >= 11 is 0. The van der Waals surface area contributed by atoms with E-state index in [1.54, 1.807) is 6.07 Å². The highest BCUT2D eigenvalue weighted by atomic mass is 19.1. The van der Waals surface area contributed by atoms with E-state index >= 15 is 0 Å². The van der Waals surface area contributed by atoms with Crippen LogP contribution in [-0.4, -0.2) is 31.6 Å². The number of imide groups is 1. The van der Waals surface area contributed by atoms with E-state index in [0.29, 0.717) is 0 Å². The van der Waals surface area contributed by atoms with Crippen LogP contribution in [0.5, 0.6) is 0 Å². The van der Waals surface area contributed by atoms with Gasteiger partial charge in [-0.3, -0.25) is 10.1 Å². The monoisotopic (exact) mass is 280 g/mol. The van der Waals surface area contributed by atoms with Crippen molar-refractivity contribution in [2.75, 3.05) is 25.0 Å². The van der Waals surface area contributed by atoms with Gasteiger partial charge in [0.1, 0.15) is 5.82 Å². The van der Waals surface area contributed by atoms with Crippen LogP contribution < -0.4 is 15.5 Å². The molecule has 0 unspecified atom stereocenters. The van der Waals surface area contributed by atoms with Crippen LogP contribution in [0.2, 0.25) is 0 Å². The van der Waals surface area contributed by atoms with Gasteiger partial charge in [0, 0.05) is 0 Å². The summed E-state index contributed by atoms with van der Waals surface area (Å²) in [6.07, 6.45) is 3.44. The molecular weight excluding hydrogens is 261 g/mol. The number of benzene rings is 1. The lowest BCUT2D eigenvalue weighted by atomic mass is 10.1. The number of hydrogen-bond donors (Lipinski definition) is 3. The molecule has 1 saturated heterocycles. The predicted octanol–water partition coefficient (Wildman–Crippen LogP) is 0.543. The van der Waals surface area contributed by atoms with E-state index in [1.807, 2.05) is 0 Å². The molecule has 5 nitrogen and oxygen atoms in total. The van der Waals surface area contributed by atoms with Gasteiger partial charge in [0.15, 0.2) is 6.54 Å². The molecule has 108 valence electrons. The van der Waals surface area contributed by atoms with Crippen LogP contribution in [0, 0.1) is 5.82 Å². The quantitative estimate of drug-likeness (QED) is 0.757. The number of piperidine rings is 1. The number of halogens is 1. The zero-order valence-electron chi connectivity index (χ0n) is 11.2. The normalized spacial score (nSPS) is 15.7. The summed E-state index contributed by atoms with van der Waals surface area (Å²) < 4.78 is 13.3. The molecule has 3 amide bonds. The topological polar surface area (TPSA) is 62.6 Å². The summed E-state index contributed by atoms with van der Waals surface area (Å²) in [4.78, 5) is 24.5. The van der Waals surface area contributed by atoms with Crippen molar-refractivity contribution < 1.29 is 18.9 Å². The van der Waals surface area contributed by atoms with Crippen LogP contribution in [-0.2, 0) is 4.79 Å². The third-order valence-corrected chi connectivity index (χ3v) is 3.35. The zero-order chi connectivity index (χ0) is 14.4. The van der Waals surface area contributed by atoms with E-state index in [1.165, 1.54) is 29.5 Å². The van der Waals surface area contributed by atoms with Crippen molar-refractivity contribution in [2.24, 2.45) is 0 Å². The number of anilines is 1. The van der Waals surface area contributed by atoms with Crippen LogP contribution in [0.3, 0.4) is 0 Å². The smallest absolute Gasteiger partial charge is 0.326 e. The van der Waals surface area contributed by atoms with Gasteiger partial charge in [-0.15, -0.1) is 0 Å². The Morgan fingerprint density at radius 3 is 2.55 bits per heavy atom. The first kappa shape index (κ1) is 14.5. The number of para-hydroxylation sites is 1. The lowest BCUT2D eigenvalue weighted by Crippen LogP contribution is -3.14. The Balaban J connectivity index is 1.79. The van der Waals surface area contributed by atoms with Crippen molar-refractivity contribution in [1.82, 2.24) is 5.32 Å². The van der Waals surface area contributed by atoms with E-state index in [9.17, 15) is 14.0 Å². The van der Waals surface area contributed by atoms with Gasteiger partial charge in [0.05, 0.1) is 18.8 Å². The van der Waals surface area contributed by atoms with Gasteiger partial charge in [0.25, 0.3) is 5.91 Å². The second-order valence-electron chi connectivity index (χ2n) is 4.97. The molecule has 1 aliphatic heterocycles. The molecule has 1 aromatic carbocycles. The molecule has 1 heterocycles. The number of urea groups is 1. The van der Waals surface area contributed by atoms with Crippen molar-refractivity contribution >= 4 is 17.6 Å². The van der Waals surface area contributed by atoms with Crippen LogP contribution in [0.15, 0.2) is 24.3 Å². The summed E-state index contributed by atoms with van der Waals surface area (Å²) in [7, 11) is 0. The number of carbonyl (C=O) groups excluding carboxylic acids is 2. The van der Waals surface area contributed by atoms with E-state index in [0.717, 1.165) is 25.9 Å². The second kappa shape index (κ2) is 7.00. The summed E-state index contributed by atoms with van der Waals surface area (Å²) in [6, 6.07) is 5.13. The standard InChI is InChI=1S/C14H18FN3O2/c15-11-6-2-3-7-12(11)16-14(20)17-13(19)10-18-8-4-1-5-9-18/h2-3,6-7H,1,4-5,8-10H2,(H2,16,17,19,20)/p+1. The van der Waals surface area contributed by atoms with Crippen LogP contribution in [0.4, 0.5) is 14.9 Å². The van der Waals surface area contributed by atoms with Crippen molar-refractivity contribution in [1.29, 1.82) is 0 Å². The predicted molar refractivity (Wildman–Crippen MR) is 73.0 cm³/mol. The minimum atomic E-state index is -0.698. The lowest BCUT2D eigenvalue weighted by molar-refractivity contribution is -0.896. The van der Waals surface area contributed by atoms with Gasteiger partial charge in [-0.25, -0.2) is 9.18 Å². The van der Waals surface area contributed by atoms with Gasteiger partial charge >= 0.3 is 6.03 Å². The average molecular weight is 280 g/mol. The number of likely N-dealkylation sites (tertiary alicyclic amines) is 1. The highest BCUT2D eigenvalue weighted by Gasteiger charge is 2.18. The van der Waals surface area contributed by atoms with Gasteiger partial charge < -0.3 is 10.2 Å². The third kappa shape index (κ3) is 4.31. The van der Waals surface area contributed by atoms with Crippen molar-refractivity contribution in [2.45, 2.75) is 19.3 Å². The molecule has 1 fully saturated rings. The zero-order valence-corrected chi connectivity index (χ0v) is 11.2. The fourth-order valence-corrected chi connectivity index (χ4v) is 2.34. The molecule has 0 aromatic heterocycles. The molecule has 0 saturated carbocycles. The highest BCUT2D eigenvalue weighted by molar-refractivity contribution is 6.01. The Morgan fingerprint density at radius 1 is 1.15 bits per heavy atom. The summed E-state index contributed by atoms with van der Waals surface area (Å²) in [5.74, 6) is -0.868. The number of rotatable bonds is 3. The van der Waals surface area contributed by atoms with Gasteiger partial charge in [0.2, 0.25) is 0 Å². The number of hydrogen-bond acceptors (Lipinski definition) is 2. The van der Waals surface area contributed by atoms with Gasteiger partial charge in [-0.2, -0.15) is 0 Å². The Kier molecular flexibility index (Phi) is 5.06. The first-order valence-electron chi connectivity index (χ1n) is 6.84. The number of amides is 3. The molecule has 6 heteroatoms. The van der Waals surface area contributed by atoms with Crippen LogP contribution in [0.1, 0.15) is 19.3 Å². The summed E-state index contributed by atoms with van der Waals surface area (Å²) in [5, 5.41) is 4.55. The minimum Gasteiger partial charge on any atom is -0.327 e. The lowest BCUT2D eigenvalue weighted by Gasteiger charge is -2.22. The Morgan fingerprint density at radius 2 is 1.85 bits per heavy atom. The number of nitrogens with one attached hydrogen (secondary N) is 3. The molecular formula is C14H19FN3O2+. The molecule has 0 bridgehead atoms. The van der Waals surface area contributed by atoms with E-state index < -0.39 is 11.8 Å². The van der Waals surface area contributed by atoms with Gasteiger partial charge in [-0.1, -0.05) is 12.1 Å². The molecule has 0 radical (unpaired) electrons. The maximum absolute atomic E-state index is 13.3. The molecule has 1 aliphatic rings. The second-order valence-corrected chi connectivity index (χ2v) is 4.97. The third-order valence-electron chi connectivity index (χ3n) is 3.35. The SMILES string of the molecule is O=C(C[NH+]1CCCCC1)NC(=O)Nc1ccccc1F. The minimum absolute atomic E-state index is 0.0584. The van der Waals surface area contributed by atoms with Crippen LogP contribution >= 0.6 is 0 Å². The molecule has 0 aliphatic carbocycles. The Labute approximate surface area is 117 Å². The molecule has 1 aromatic rings. The first-order chi connectivity index (χ1) is 9.65. The van der Waals surface area contributed by atoms with E-state index in [4.69, 9.17) is 0 Å². The molecule has 20 heavy (non-hydrogen) atoms. The first-order valence-corrected chi connectivity index (χ1v) is 6.84. The number of quaternary nitrogens is 1. The fourth-order valence-electron chi connectivity index (χ4n) is 2.34. The summed E-state index contributed by atoms with van der Waals surface area (Å²) in [5.41, 5.74) is 0.0584. The van der Waals surface area contributed by atoms with E-state index in [-0.39, 0.29) is 18.1 Å². The van der Waals surface area contributed by atoms with E-state index in [2.05, 4.69) is 10.6 Å². The maximum Gasteiger partial charge on any atom is 0.326 e. The Hall–Kier alpha value is -1.95. The molecule has 0 atom stereocenters. The molecule has 2 rings (SSSR count). The fraction of sp³-hybridized carbons (Fsp3) is 0.429. The molecule has 0 spiro atoms.